The van der Waals surface area contributed by atoms with Crippen LogP contribution in [0.4, 0.5) is 11.6 Å². The van der Waals surface area contributed by atoms with Gasteiger partial charge in [0.25, 0.3) is 0 Å². The molecule has 2 heterocycles. The van der Waals surface area contributed by atoms with Gasteiger partial charge < -0.3 is 10.2 Å². The molecule has 0 aliphatic carbocycles. The first-order valence-corrected chi connectivity index (χ1v) is 6.53. The molecule has 1 saturated heterocycles. The second-order valence-corrected chi connectivity index (χ2v) is 5.34. The number of anilines is 2. The Bertz CT molecular complexity index is 377. The van der Waals surface area contributed by atoms with Crippen molar-refractivity contribution in [2.75, 3.05) is 23.8 Å². The highest BCUT2D eigenvalue weighted by Crippen LogP contribution is 2.30. The first kappa shape index (κ1) is 12.2. The predicted octanol–water partition coefficient (Wildman–Crippen LogP) is 2.99. The van der Waals surface area contributed by atoms with Crippen molar-refractivity contribution in [1.82, 2.24) is 4.98 Å². The van der Waals surface area contributed by atoms with E-state index in [1.54, 1.807) is 0 Å². The molecule has 1 aliphatic heterocycles. The van der Waals surface area contributed by atoms with Crippen molar-refractivity contribution in [3.8, 4) is 0 Å². The molecule has 94 valence electrons. The van der Waals surface area contributed by atoms with Gasteiger partial charge in [-0.25, -0.2) is 4.98 Å². The summed E-state index contributed by atoms with van der Waals surface area (Å²) in [7, 11) is 1.91. The lowest BCUT2D eigenvalue weighted by Crippen LogP contribution is -2.46. The third kappa shape index (κ3) is 2.54. The Morgan fingerprint density at radius 2 is 2.06 bits per heavy atom. The lowest BCUT2D eigenvalue weighted by Gasteiger charge is -2.42. The van der Waals surface area contributed by atoms with E-state index in [9.17, 15) is 0 Å². The summed E-state index contributed by atoms with van der Waals surface area (Å²) >= 11 is 0. The summed E-state index contributed by atoms with van der Waals surface area (Å²) in [5, 5.41) is 3.11. The molecule has 3 heteroatoms. The Kier molecular flexibility index (Phi) is 3.55. The standard InChI is InChI=1S/C14H23N3/c1-10-8-11(2)12(3)17(9-10)14-7-5-6-13(15-4)16-14/h5-7,10-12H,8-9H2,1-4H3,(H,15,16). The summed E-state index contributed by atoms with van der Waals surface area (Å²) in [6.45, 7) is 8.10. The lowest BCUT2D eigenvalue weighted by atomic mass is 9.86. The average molecular weight is 233 g/mol. The molecule has 3 unspecified atom stereocenters. The zero-order chi connectivity index (χ0) is 12.4. The molecule has 3 atom stereocenters. The summed E-state index contributed by atoms with van der Waals surface area (Å²) in [5.74, 6) is 3.53. The van der Waals surface area contributed by atoms with Crippen molar-refractivity contribution in [1.29, 1.82) is 0 Å². The van der Waals surface area contributed by atoms with E-state index >= 15 is 0 Å². The minimum atomic E-state index is 0.575. The van der Waals surface area contributed by atoms with Crippen LogP contribution in [0, 0.1) is 11.8 Å². The largest absolute Gasteiger partial charge is 0.373 e. The van der Waals surface area contributed by atoms with Crippen molar-refractivity contribution in [2.45, 2.75) is 33.2 Å². The minimum absolute atomic E-state index is 0.575. The van der Waals surface area contributed by atoms with Gasteiger partial charge in [-0.15, -0.1) is 0 Å². The molecule has 17 heavy (non-hydrogen) atoms. The smallest absolute Gasteiger partial charge is 0.131 e. The van der Waals surface area contributed by atoms with Gasteiger partial charge in [0.2, 0.25) is 0 Å². The summed E-state index contributed by atoms with van der Waals surface area (Å²) in [4.78, 5) is 7.09. The number of pyridine rings is 1. The maximum absolute atomic E-state index is 4.65. The van der Waals surface area contributed by atoms with Gasteiger partial charge in [-0.3, -0.25) is 0 Å². The number of hydrogen-bond donors (Lipinski definition) is 1. The number of nitrogens with one attached hydrogen (secondary N) is 1. The Hall–Kier alpha value is -1.25. The topological polar surface area (TPSA) is 28.2 Å². The SMILES string of the molecule is CNc1cccc(N2CC(C)CC(C)C2C)n1. The monoisotopic (exact) mass is 233 g/mol. The van der Waals surface area contributed by atoms with E-state index < -0.39 is 0 Å². The molecule has 1 fully saturated rings. The number of aromatic nitrogens is 1. The molecule has 1 N–H and O–H groups in total. The van der Waals surface area contributed by atoms with Crippen molar-refractivity contribution in [2.24, 2.45) is 11.8 Å². The van der Waals surface area contributed by atoms with Crippen molar-refractivity contribution in [3.05, 3.63) is 18.2 Å². The van der Waals surface area contributed by atoms with Gasteiger partial charge in [-0.2, -0.15) is 0 Å². The van der Waals surface area contributed by atoms with E-state index in [1.807, 2.05) is 13.1 Å². The molecule has 1 aliphatic rings. The van der Waals surface area contributed by atoms with Crippen LogP contribution in [-0.2, 0) is 0 Å². The maximum atomic E-state index is 4.65. The Morgan fingerprint density at radius 1 is 1.29 bits per heavy atom. The fraction of sp³-hybridized carbons (Fsp3) is 0.643. The highest BCUT2D eigenvalue weighted by Gasteiger charge is 2.29. The normalized spacial score (nSPS) is 29.2. The maximum Gasteiger partial charge on any atom is 0.131 e. The third-order valence-electron chi connectivity index (χ3n) is 3.88. The first-order valence-electron chi connectivity index (χ1n) is 6.53. The molecule has 0 radical (unpaired) electrons. The zero-order valence-corrected chi connectivity index (χ0v) is 11.3. The highest BCUT2D eigenvalue weighted by molar-refractivity contribution is 5.47. The van der Waals surface area contributed by atoms with Gasteiger partial charge in [0.05, 0.1) is 0 Å². The third-order valence-corrected chi connectivity index (χ3v) is 3.88. The van der Waals surface area contributed by atoms with E-state index in [2.05, 4.69) is 48.1 Å². The molecule has 0 bridgehead atoms. The number of nitrogens with zero attached hydrogens (tertiary/aromatic N) is 2. The highest BCUT2D eigenvalue weighted by atomic mass is 15.2. The van der Waals surface area contributed by atoms with E-state index in [0.717, 1.165) is 30.0 Å². The molecule has 0 amide bonds. The van der Waals surface area contributed by atoms with Crippen LogP contribution in [0.25, 0.3) is 0 Å². The molecule has 2 rings (SSSR count). The molecule has 1 aromatic heterocycles. The van der Waals surface area contributed by atoms with Crippen molar-refractivity contribution < 1.29 is 0 Å². The second kappa shape index (κ2) is 4.94. The van der Waals surface area contributed by atoms with Gasteiger partial charge in [-0.05, 0) is 37.3 Å². The predicted molar refractivity (Wildman–Crippen MR) is 73.5 cm³/mol. The first-order chi connectivity index (χ1) is 8.11. The fourth-order valence-electron chi connectivity index (χ4n) is 2.74. The van der Waals surface area contributed by atoms with Crippen LogP contribution in [0.1, 0.15) is 27.2 Å². The fourth-order valence-corrected chi connectivity index (χ4v) is 2.74. The molecule has 0 aromatic carbocycles. The van der Waals surface area contributed by atoms with Crippen LogP contribution < -0.4 is 10.2 Å². The Balaban J connectivity index is 2.24. The van der Waals surface area contributed by atoms with Crippen LogP contribution in [-0.4, -0.2) is 24.6 Å². The second-order valence-electron chi connectivity index (χ2n) is 5.34. The summed E-state index contributed by atoms with van der Waals surface area (Å²) in [6, 6.07) is 6.77. The van der Waals surface area contributed by atoms with Crippen LogP contribution in [0.2, 0.25) is 0 Å². The van der Waals surface area contributed by atoms with Crippen LogP contribution in [0.15, 0.2) is 18.2 Å². The Labute approximate surface area is 104 Å². The van der Waals surface area contributed by atoms with Crippen LogP contribution in [0.3, 0.4) is 0 Å². The number of hydrogen-bond acceptors (Lipinski definition) is 3. The average Bonchev–Trinajstić information content (AvgIpc) is 2.34. The van der Waals surface area contributed by atoms with Crippen molar-refractivity contribution >= 4 is 11.6 Å². The van der Waals surface area contributed by atoms with Gasteiger partial charge in [0.1, 0.15) is 11.6 Å². The van der Waals surface area contributed by atoms with Crippen LogP contribution in [0.5, 0.6) is 0 Å². The van der Waals surface area contributed by atoms with E-state index in [1.165, 1.54) is 6.42 Å². The summed E-state index contributed by atoms with van der Waals surface area (Å²) in [6.07, 6.45) is 1.32. The minimum Gasteiger partial charge on any atom is -0.373 e. The molecular weight excluding hydrogens is 210 g/mol. The van der Waals surface area contributed by atoms with Gasteiger partial charge in [-0.1, -0.05) is 19.9 Å². The molecule has 0 spiro atoms. The van der Waals surface area contributed by atoms with E-state index in [4.69, 9.17) is 0 Å². The lowest BCUT2D eigenvalue weighted by molar-refractivity contribution is 0.295. The quantitative estimate of drug-likeness (QED) is 0.851. The molecule has 0 saturated carbocycles. The molecular formula is C14H23N3. The van der Waals surface area contributed by atoms with Gasteiger partial charge >= 0.3 is 0 Å². The number of piperidine rings is 1. The zero-order valence-electron chi connectivity index (χ0n) is 11.3. The summed E-state index contributed by atoms with van der Waals surface area (Å²) in [5.41, 5.74) is 0. The number of rotatable bonds is 2. The molecule has 3 nitrogen and oxygen atoms in total. The van der Waals surface area contributed by atoms with Gasteiger partial charge in [0.15, 0.2) is 0 Å². The van der Waals surface area contributed by atoms with Gasteiger partial charge in [0, 0.05) is 19.6 Å². The van der Waals surface area contributed by atoms with E-state index in [-0.39, 0.29) is 0 Å². The summed E-state index contributed by atoms with van der Waals surface area (Å²) < 4.78 is 0. The van der Waals surface area contributed by atoms with E-state index in [0.29, 0.717) is 6.04 Å². The molecule has 1 aromatic rings. The van der Waals surface area contributed by atoms with Crippen molar-refractivity contribution in [3.63, 3.8) is 0 Å². The Morgan fingerprint density at radius 3 is 2.76 bits per heavy atom. The van der Waals surface area contributed by atoms with Crippen LogP contribution >= 0.6 is 0 Å².